The maximum absolute atomic E-state index is 12.0. The summed E-state index contributed by atoms with van der Waals surface area (Å²) in [6.45, 7) is -0.0824. The van der Waals surface area contributed by atoms with Gasteiger partial charge in [-0.15, -0.1) is 11.3 Å². The van der Waals surface area contributed by atoms with E-state index in [4.69, 9.17) is 5.11 Å². The van der Waals surface area contributed by atoms with Gasteiger partial charge in [0, 0.05) is 30.2 Å². The molecule has 2 aromatic rings. The van der Waals surface area contributed by atoms with Gasteiger partial charge in [0.2, 0.25) is 0 Å². The Labute approximate surface area is 121 Å². The van der Waals surface area contributed by atoms with Crippen molar-refractivity contribution in [1.82, 2.24) is 14.3 Å². The van der Waals surface area contributed by atoms with Gasteiger partial charge in [0.1, 0.15) is 6.61 Å². The summed E-state index contributed by atoms with van der Waals surface area (Å²) in [6, 6.07) is 1.79. The molecule has 0 bridgehead atoms. The molecule has 2 N–H and O–H groups in total. The van der Waals surface area contributed by atoms with Gasteiger partial charge in [-0.2, -0.15) is 0 Å². The molecule has 0 aromatic carbocycles. The second-order valence-electron chi connectivity index (χ2n) is 3.92. The van der Waals surface area contributed by atoms with Crippen LogP contribution in [0, 0.1) is 11.8 Å². The van der Waals surface area contributed by atoms with Crippen molar-refractivity contribution in [3.8, 4) is 11.8 Å². The lowest BCUT2D eigenvalue weighted by molar-refractivity contribution is 0.350. The Morgan fingerprint density at radius 3 is 3.00 bits per heavy atom. The van der Waals surface area contributed by atoms with Gasteiger partial charge in [0.15, 0.2) is 5.03 Å². The lowest BCUT2D eigenvalue weighted by atomic mass is 10.2. The number of aromatic nitrogens is 2. The molecular formula is C12H13N3O3S2. The minimum Gasteiger partial charge on any atom is -0.384 e. The van der Waals surface area contributed by atoms with Crippen LogP contribution in [-0.2, 0) is 23.6 Å². The van der Waals surface area contributed by atoms with Crippen LogP contribution in [0.3, 0.4) is 0 Å². The molecule has 0 aliphatic rings. The molecule has 0 aliphatic carbocycles. The van der Waals surface area contributed by atoms with Crippen molar-refractivity contribution in [2.75, 3.05) is 6.61 Å². The number of sulfonamides is 1. The first kappa shape index (κ1) is 14.7. The Bertz CT molecular complexity index is 750. The number of hydrogen-bond donors (Lipinski definition) is 2. The molecule has 0 fully saturated rings. The molecule has 0 amide bonds. The van der Waals surface area contributed by atoms with E-state index in [1.165, 1.54) is 23.9 Å². The molecule has 8 heteroatoms. The molecule has 0 atom stereocenters. The zero-order valence-corrected chi connectivity index (χ0v) is 12.3. The van der Waals surface area contributed by atoms with Gasteiger partial charge in [-0.3, -0.25) is 0 Å². The third kappa shape index (κ3) is 3.46. The number of aliphatic hydroxyl groups is 1. The van der Waals surface area contributed by atoms with Crippen molar-refractivity contribution in [1.29, 1.82) is 0 Å². The van der Waals surface area contributed by atoms with Crippen molar-refractivity contribution < 1.29 is 13.5 Å². The number of aliphatic hydroxyl groups excluding tert-OH is 1. The minimum atomic E-state index is -3.63. The Morgan fingerprint density at radius 2 is 2.35 bits per heavy atom. The van der Waals surface area contributed by atoms with Crippen LogP contribution in [0.1, 0.15) is 10.4 Å². The first-order valence-corrected chi connectivity index (χ1v) is 8.03. The molecule has 106 valence electrons. The molecule has 6 nitrogen and oxygen atoms in total. The number of nitrogens with one attached hydrogen (secondary N) is 1. The van der Waals surface area contributed by atoms with Crippen LogP contribution in [0.5, 0.6) is 0 Å². The number of thiophene rings is 1. The van der Waals surface area contributed by atoms with Crippen molar-refractivity contribution in [3.05, 3.63) is 34.4 Å². The fourth-order valence-corrected chi connectivity index (χ4v) is 3.32. The molecular weight excluding hydrogens is 298 g/mol. The predicted octanol–water partition coefficient (Wildman–Crippen LogP) is 0.304. The summed E-state index contributed by atoms with van der Waals surface area (Å²) < 4.78 is 28.1. The number of imidazole rings is 1. The predicted molar refractivity (Wildman–Crippen MR) is 75.5 cm³/mol. The lowest BCUT2D eigenvalue weighted by Gasteiger charge is -2.03. The second kappa shape index (κ2) is 6.19. The van der Waals surface area contributed by atoms with Gasteiger partial charge in [-0.1, -0.05) is 11.8 Å². The van der Waals surface area contributed by atoms with Crippen LogP contribution in [0.25, 0.3) is 0 Å². The molecule has 0 saturated heterocycles. The van der Waals surface area contributed by atoms with Crippen LogP contribution in [0.15, 0.2) is 29.0 Å². The first-order valence-electron chi connectivity index (χ1n) is 5.66. The van der Waals surface area contributed by atoms with Gasteiger partial charge < -0.3 is 9.67 Å². The van der Waals surface area contributed by atoms with Crippen LogP contribution in [0.2, 0.25) is 0 Å². The third-order valence-corrected chi connectivity index (χ3v) is 4.63. The van der Waals surface area contributed by atoms with Crippen molar-refractivity contribution in [3.63, 3.8) is 0 Å². The van der Waals surface area contributed by atoms with Crippen LogP contribution < -0.4 is 4.72 Å². The maximum atomic E-state index is 12.0. The maximum Gasteiger partial charge on any atom is 0.259 e. The van der Waals surface area contributed by atoms with E-state index in [-0.39, 0.29) is 18.2 Å². The Kier molecular flexibility index (Phi) is 4.57. The largest absolute Gasteiger partial charge is 0.384 e. The molecule has 2 aromatic heterocycles. The van der Waals surface area contributed by atoms with Crippen LogP contribution >= 0.6 is 11.3 Å². The molecule has 20 heavy (non-hydrogen) atoms. The first-order chi connectivity index (χ1) is 9.53. The van der Waals surface area contributed by atoms with E-state index in [9.17, 15) is 8.42 Å². The fraction of sp³-hybridized carbons (Fsp3) is 0.250. The van der Waals surface area contributed by atoms with Crippen LogP contribution in [-0.4, -0.2) is 29.7 Å². The quantitative estimate of drug-likeness (QED) is 0.796. The van der Waals surface area contributed by atoms with E-state index in [0.717, 1.165) is 4.88 Å². The number of aryl methyl sites for hydroxylation is 1. The van der Waals surface area contributed by atoms with Gasteiger partial charge >= 0.3 is 0 Å². The van der Waals surface area contributed by atoms with E-state index in [0.29, 0.717) is 5.56 Å². The van der Waals surface area contributed by atoms with E-state index in [1.54, 1.807) is 17.7 Å². The fourth-order valence-electron chi connectivity index (χ4n) is 1.49. The monoisotopic (exact) mass is 311 g/mol. The van der Waals surface area contributed by atoms with Crippen LogP contribution in [0.4, 0.5) is 0 Å². The Hall–Kier alpha value is -1.66. The number of rotatable bonds is 4. The summed E-state index contributed by atoms with van der Waals surface area (Å²) in [6.07, 6.45) is 2.86. The zero-order chi connectivity index (χ0) is 14.6. The van der Waals surface area contributed by atoms with Gasteiger partial charge in [-0.25, -0.2) is 18.1 Å². The Morgan fingerprint density at radius 1 is 1.55 bits per heavy atom. The van der Waals surface area contributed by atoms with E-state index in [1.807, 2.05) is 5.38 Å². The molecule has 0 spiro atoms. The summed E-state index contributed by atoms with van der Waals surface area (Å²) in [4.78, 5) is 4.61. The number of nitrogens with zero attached hydrogens (tertiary/aromatic N) is 2. The summed E-state index contributed by atoms with van der Waals surface area (Å²) in [7, 11) is -1.92. The molecule has 2 heterocycles. The molecule has 2 rings (SSSR count). The van der Waals surface area contributed by atoms with E-state index in [2.05, 4.69) is 21.5 Å². The third-order valence-electron chi connectivity index (χ3n) is 2.43. The van der Waals surface area contributed by atoms with Crippen molar-refractivity contribution in [2.45, 2.75) is 11.6 Å². The smallest absolute Gasteiger partial charge is 0.259 e. The second-order valence-corrected chi connectivity index (χ2v) is 6.63. The summed E-state index contributed by atoms with van der Waals surface area (Å²) in [5.41, 5.74) is 0.716. The standard InChI is InChI=1S/C12H13N3O3S2/c1-15-8-12(13-9-15)20(17,18)14-7-11-10(3-2-5-16)4-6-19-11/h4,6,8-9,14,16H,5,7H2,1H3. The summed E-state index contributed by atoms with van der Waals surface area (Å²) >= 11 is 1.40. The highest BCUT2D eigenvalue weighted by molar-refractivity contribution is 7.89. The van der Waals surface area contributed by atoms with E-state index >= 15 is 0 Å². The summed E-state index contributed by atoms with van der Waals surface area (Å²) in [5, 5.41) is 10.5. The van der Waals surface area contributed by atoms with Crippen molar-refractivity contribution in [2.24, 2.45) is 7.05 Å². The topological polar surface area (TPSA) is 84.2 Å². The van der Waals surface area contributed by atoms with Crippen molar-refractivity contribution >= 4 is 21.4 Å². The molecule has 0 aliphatic heterocycles. The minimum absolute atomic E-state index is 0.0143. The molecule has 0 unspecified atom stereocenters. The lowest BCUT2D eigenvalue weighted by Crippen LogP contribution is -2.23. The normalized spacial score (nSPS) is 11.1. The van der Waals surface area contributed by atoms with Gasteiger partial charge in [-0.05, 0) is 11.4 Å². The van der Waals surface area contributed by atoms with Gasteiger partial charge in [0.05, 0.1) is 6.33 Å². The highest BCUT2D eigenvalue weighted by atomic mass is 32.2. The highest BCUT2D eigenvalue weighted by Gasteiger charge is 2.17. The average Bonchev–Trinajstić information content (AvgIpc) is 3.03. The van der Waals surface area contributed by atoms with E-state index < -0.39 is 10.0 Å². The highest BCUT2D eigenvalue weighted by Crippen LogP contribution is 2.16. The Balaban J connectivity index is 2.11. The molecule has 0 radical (unpaired) electrons. The zero-order valence-electron chi connectivity index (χ0n) is 10.7. The SMILES string of the molecule is Cn1cnc(S(=O)(=O)NCc2sccc2C#CCO)c1. The molecule has 0 saturated carbocycles. The summed E-state index contributed by atoms with van der Waals surface area (Å²) in [5.74, 6) is 5.32. The average molecular weight is 311 g/mol. The number of hydrogen-bond acceptors (Lipinski definition) is 5. The van der Waals surface area contributed by atoms with Gasteiger partial charge in [0.25, 0.3) is 10.0 Å².